The maximum atomic E-state index is 12.6. The maximum Gasteiger partial charge on any atom is 0.308 e. The fraction of sp³-hybridized carbons (Fsp3) is 0.524. The van der Waals surface area contributed by atoms with Gasteiger partial charge in [0.05, 0.1) is 18.3 Å². The molecule has 0 aromatic heterocycles. The second-order valence-electron chi connectivity index (χ2n) is 8.14. The summed E-state index contributed by atoms with van der Waals surface area (Å²) in [5, 5.41) is 3.13. The van der Waals surface area contributed by atoms with Gasteiger partial charge in [0.1, 0.15) is 0 Å². The number of ether oxygens (including phenoxy) is 1. The summed E-state index contributed by atoms with van der Waals surface area (Å²) in [5.41, 5.74) is 1.40. The van der Waals surface area contributed by atoms with Crippen molar-refractivity contribution in [1.82, 2.24) is 4.90 Å². The summed E-state index contributed by atoms with van der Waals surface area (Å²) in [5.74, 6) is -1.15. The fourth-order valence-electron chi connectivity index (χ4n) is 4.98. The van der Waals surface area contributed by atoms with Crippen molar-refractivity contribution in [1.29, 1.82) is 0 Å². The number of esters is 1. The van der Waals surface area contributed by atoms with Crippen LogP contribution in [-0.2, 0) is 23.9 Å². The number of carbonyl (C=O) groups excluding carboxylic acids is 4. The number of anilines is 1. The molecule has 3 amide bonds. The topological polar surface area (TPSA) is 92.8 Å². The molecular weight excluding hydrogens is 396 g/mol. The van der Waals surface area contributed by atoms with Crippen LogP contribution >= 0.6 is 11.6 Å². The second-order valence-corrected chi connectivity index (χ2v) is 8.54. The molecule has 2 bridgehead atoms. The number of halogens is 1. The third kappa shape index (κ3) is 3.75. The van der Waals surface area contributed by atoms with Gasteiger partial charge in [-0.2, -0.15) is 0 Å². The first-order chi connectivity index (χ1) is 13.8. The number of aryl methyl sites for hydroxylation is 1. The van der Waals surface area contributed by atoms with E-state index in [2.05, 4.69) is 5.32 Å². The Labute approximate surface area is 173 Å². The highest BCUT2D eigenvalue weighted by Crippen LogP contribution is 2.56. The maximum absolute atomic E-state index is 12.6. The zero-order valence-electron chi connectivity index (χ0n) is 16.2. The van der Waals surface area contributed by atoms with Crippen molar-refractivity contribution < 1.29 is 23.9 Å². The van der Waals surface area contributed by atoms with Crippen molar-refractivity contribution in [2.24, 2.45) is 23.7 Å². The average Bonchev–Trinajstić information content (AvgIpc) is 3.36. The van der Waals surface area contributed by atoms with Gasteiger partial charge < -0.3 is 10.1 Å². The van der Waals surface area contributed by atoms with Crippen LogP contribution in [0.3, 0.4) is 0 Å². The number of carbonyl (C=O) groups is 4. The summed E-state index contributed by atoms with van der Waals surface area (Å²) in [6, 6.07) is 5.09. The van der Waals surface area contributed by atoms with Gasteiger partial charge >= 0.3 is 5.97 Å². The highest BCUT2D eigenvalue weighted by atomic mass is 35.5. The van der Waals surface area contributed by atoms with E-state index in [1.54, 1.807) is 18.2 Å². The van der Waals surface area contributed by atoms with Crippen molar-refractivity contribution in [3.05, 3.63) is 28.8 Å². The third-order valence-corrected chi connectivity index (χ3v) is 6.79. The number of amides is 3. The van der Waals surface area contributed by atoms with Gasteiger partial charge in [0.2, 0.25) is 11.8 Å². The van der Waals surface area contributed by atoms with Crippen molar-refractivity contribution in [3.63, 3.8) is 0 Å². The van der Waals surface area contributed by atoms with Crippen molar-refractivity contribution >= 4 is 41.0 Å². The van der Waals surface area contributed by atoms with Crippen LogP contribution < -0.4 is 5.32 Å². The molecule has 2 saturated carbocycles. The number of nitrogens with zero attached hydrogens (tertiary/aromatic N) is 1. The largest absolute Gasteiger partial charge is 0.456 e. The van der Waals surface area contributed by atoms with E-state index in [0.717, 1.165) is 24.8 Å². The van der Waals surface area contributed by atoms with E-state index in [-0.39, 0.29) is 36.6 Å². The number of nitrogens with one attached hydrogen (secondary N) is 1. The summed E-state index contributed by atoms with van der Waals surface area (Å²) in [4.78, 5) is 50.3. The molecule has 3 aliphatic rings. The second kappa shape index (κ2) is 7.78. The Kier molecular flexibility index (Phi) is 5.34. The molecule has 7 nitrogen and oxygen atoms in total. The minimum absolute atomic E-state index is 0.0120. The molecule has 154 valence electrons. The number of likely N-dealkylation sites (tertiary alicyclic amines) is 1. The van der Waals surface area contributed by atoms with Crippen LogP contribution in [-0.4, -0.2) is 41.7 Å². The number of rotatable bonds is 6. The third-order valence-electron chi connectivity index (χ3n) is 6.38. The minimum Gasteiger partial charge on any atom is -0.456 e. The quantitative estimate of drug-likeness (QED) is 0.566. The monoisotopic (exact) mass is 418 g/mol. The molecular formula is C21H23ClN2O5. The molecule has 29 heavy (non-hydrogen) atoms. The Morgan fingerprint density at radius 3 is 2.45 bits per heavy atom. The van der Waals surface area contributed by atoms with E-state index >= 15 is 0 Å². The lowest BCUT2D eigenvalue weighted by atomic mass is 9.81. The molecule has 3 fully saturated rings. The molecule has 1 aliphatic heterocycles. The molecule has 0 unspecified atom stereocenters. The SMILES string of the molecule is Cc1ccc(NC(=O)COC(=O)CCN2C(=O)[C@@H]3[C@H]4CC[C@@H](C4)[C@@H]3C2=O)cc1Cl. The van der Waals surface area contributed by atoms with Gasteiger partial charge in [-0.15, -0.1) is 0 Å². The molecule has 4 atom stereocenters. The number of benzene rings is 1. The number of fused-ring (bicyclic) bond motifs is 5. The fourth-order valence-corrected chi connectivity index (χ4v) is 5.16. The van der Waals surface area contributed by atoms with Crippen molar-refractivity contribution in [3.8, 4) is 0 Å². The standard InChI is InChI=1S/C21H23ClN2O5/c1-11-2-5-14(9-15(11)22)23-16(25)10-29-17(26)6-7-24-20(27)18-12-3-4-13(8-12)19(18)21(24)28/h2,5,9,12-13,18-19H,3-4,6-8,10H2,1H3,(H,23,25)/t12-,13-,18-,19+/m0/s1. The minimum atomic E-state index is -0.622. The van der Waals surface area contributed by atoms with Crippen LogP contribution in [0.25, 0.3) is 0 Å². The summed E-state index contributed by atoms with van der Waals surface area (Å²) in [7, 11) is 0. The lowest BCUT2D eigenvalue weighted by molar-refractivity contribution is -0.149. The van der Waals surface area contributed by atoms with E-state index in [0.29, 0.717) is 22.5 Å². The van der Waals surface area contributed by atoms with Gasteiger partial charge in [-0.25, -0.2) is 0 Å². The predicted molar refractivity (Wildman–Crippen MR) is 105 cm³/mol. The lowest BCUT2D eigenvalue weighted by Gasteiger charge is -2.19. The number of hydrogen-bond donors (Lipinski definition) is 1. The lowest BCUT2D eigenvalue weighted by Crippen LogP contribution is -2.35. The number of imide groups is 1. The molecule has 0 radical (unpaired) electrons. The summed E-state index contributed by atoms with van der Waals surface area (Å²) in [6.45, 7) is 1.42. The highest BCUT2D eigenvalue weighted by Gasteiger charge is 2.60. The Morgan fingerprint density at radius 2 is 1.83 bits per heavy atom. The molecule has 4 rings (SSSR count). The molecule has 1 N–H and O–H groups in total. The zero-order valence-corrected chi connectivity index (χ0v) is 16.9. The van der Waals surface area contributed by atoms with Gasteiger partial charge in [-0.3, -0.25) is 24.1 Å². The van der Waals surface area contributed by atoms with Crippen LogP contribution in [0.15, 0.2) is 18.2 Å². The predicted octanol–water partition coefficient (Wildman–Crippen LogP) is 2.55. The molecule has 1 saturated heterocycles. The first-order valence-corrected chi connectivity index (χ1v) is 10.3. The smallest absolute Gasteiger partial charge is 0.308 e. The van der Waals surface area contributed by atoms with Gasteiger partial charge in [0.15, 0.2) is 6.61 Å². The van der Waals surface area contributed by atoms with Crippen molar-refractivity contribution in [2.45, 2.75) is 32.6 Å². The van der Waals surface area contributed by atoms with Gasteiger partial charge in [-0.1, -0.05) is 17.7 Å². The molecule has 8 heteroatoms. The molecule has 1 aromatic carbocycles. The molecule has 1 aromatic rings. The van der Waals surface area contributed by atoms with E-state index in [1.165, 1.54) is 4.90 Å². The van der Waals surface area contributed by atoms with Crippen LogP contribution in [0, 0.1) is 30.6 Å². The first-order valence-electron chi connectivity index (χ1n) is 9.92. The molecule has 2 aliphatic carbocycles. The molecule has 1 heterocycles. The van der Waals surface area contributed by atoms with Gasteiger partial charge in [0.25, 0.3) is 5.91 Å². The Morgan fingerprint density at radius 1 is 1.17 bits per heavy atom. The molecule has 0 spiro atoms. The van der Waals surface area contributed by atoms with Crippen LogP contribution in [0.4, 0.5) is 5.69 Å². The van der Waals surface area contributed by atoms with Gasteiger partial charge in [-0.05, 0) is 55.7 Å². The van der Waals surface area contributed by atoms with Crippen LogP contribution in [0.5, 0.6) is 0 Å². The van der Waals surface area contributed by atoms with E-state index in [4.69, 9.17) is 16.3 Å². The Hall–Kier alpha value is -2.41. The summed E-state index contributed by atoms with van der Waals surface area (Å²) in [6.07, 6.45) is 2.89. The van der Waals surface area contributed by atoms with Crippen LogP contribution in [0.2, 0.25) is 5.02 Å². The normalized spacial score (nSPS) is 27.3. The van der Waals surface area contributed by atoms with E-state index in [1.807, 2.05) is 6.92 Å². The Balaban J connectivity index is 1.23. The van der Waals surface area contributed by atoms with E-state index < -0.39 is 18.5 Å². The van der Waals surface area contributed by atoms with Crippen LogP contribution in [0.1, 0.15) is 31.2 Å². The zero-order chi connectivity index (χ0) is 20.7. The summed E-state index contributed by atoms with van der Waals surface area (Å²) < 4.78 is 4.98. The van der Waals surface area contributed by atoms with E-state index in [9.17, 15) is 19.2 Å². The van der Waals surface area contributed by atoms with Crippen molar-refractivity contribution in [2.75, 3.05) is 18.5 Å². The highest BCUT2D eigenvalue weighted by molar-refractivity contribution is 6.31. The van der Waals surface area contributed by atoms with Gasteiger partial charge in [0, 0.05) is 17.3 Å². The Bertz CT molecular complexity index is 858. The number of hydrogen-bond acceptors (Lipinski definition) is 5. The average molecular weight is 419 g/mol. The summed E-state index contributed by atoms with van der Waals surface area (Å²) >= 11 is 6.01. The first kappa shape index (κ1) is 19.9.